The van der Waals surface area contributed by atoms with Crippen molar-refractivity contribution < 1.29 is 66.5 Å². The van der Waals surface area contributed by atoms with Crippen LogP contribution in [0.25, 0.3) is 38.3 Å². The monoisotopic (exact) mass is 1030 g/mol. The number of hydrogen-bond donors (Lipinski definition) is 5. The van der Waals surface area contributed by atoms with Crippen LogP contribution in [0.1, 0.15) is 11.1 Å². The minimum Gasteiger partial charge on any atom is -0.505 e. The molecular weight excluding hydrogens is 999 g/mol. The van der Waals surface area contributed by atoms with Crippen molar-refractivity contribution in [1.29, 1.82) is 0 Å². The molecule has 0 saturated heterocycles. The van der Waals surface area contributed by atoms with Crippen molar-refractivity contribution in [2.75, 3.05) is 14.2 Å². The summed E-state index contributed by atoms with van der Waals surface area (Å²) in [5, 5.41) is 45.2. The highest BCUT2D eigenvalue weighted by molar-refractivity contribution is 7.87. The molecule has 0 aliphatic carbocycles. The first kappa shape index (κ1) is 48.7. The largest absolute Gasteiger partial charge is 0.505 e. The van der Waals surface area contributed by atoms with E-state index in [-0.39, 0.29) is 60.3 Å². The molecule has 0 fully saturated rings. The Hall–Kier alpha value is -7.70. The lowest BCUT2D eigenvalue weighted by molar-refractivity contribution is 0.415. The second-order valence-corrected chi connectivity index (χ2v) is 20.7. The molecule has 28 heteroatoms. The topological polar surface area (TPSA) is 361 Å². The van der Waals surface area contributed by atoms with Gasteiger partial charge in [0.25, 0.3) is 40.5 Å². The molecule has 70 heavy (non-hydrogen) atoms. The van der Waals surface area contributed by atoms with Gasteiger partial charge in [0.2, 0.25) is 0 Å². The molecule has 0 atom stereocenters. The number of azo groups is 3. The maximum Gasteiger partial charge on any atom is 0.296 e. The van der Waals surface area contributed by atoms with E-state index >= 15 is 0 Å². The molecule has 0 radical (unpaired) electrons. The lowest BCUT2D eigenvalue weighted by Gasteiger charge is -2.11. The van der Waals surface area contributed by atoms with Gasteiger partial charge >= 0.3 is 0 Å². The molecule has 0 aliphatic rings. The average molecular weight is 1030 g/mol. The summed E-state index contributed by atoms with van der Waals surface area (Å²) in [6.07, 6.45) is 0. The molecule has 0 spiro atoms. The van der Waals surface area contributed by atoms with Gasteiger partial charge in [0.1, 0.15) is 49.4 Å². The quantitative estimate of drug-likeness (QED) is 0.0530. The van der Waals surface area contributed by atoms with Crippen LogP contribution in [0.3, 0.4) is 0 Å². The average Bonchev–Trinajstić information content (AvgIpc) is 3.74. The lowest BCUT2D eigenvalue weighted by atomic mass is 10.1. The Bertz CT molecular complexity index is 4070. The van der Waals surface area contributed by atoms with Crippen LogP contribution in [0, 0.1) is 13.8 Å². The van der Waals surface area contributed by atoms with E-state index in [2.05, 4.69) is 40.9 Å². The third kappa shape index (κ3) is 9.77. The number of fused-ring (bicyclic) bond motifs is 4. The molecule has 360 valence electrons. The van der Waals surface area contributed by atoms with Crippen molar-refractivity contribution in [3.63, 3.8) is 0 Å². The molecule has 0 unspecified atom stereocenters. The number of ether oxygens (including phenoxy) is 2. The standard InChI is InChI=1S/C42H33N9O15S4/c1-21-13-34(36(65-3)19-32(21)44-43-24-5-8-26(9-6-24)67(53,54)55)46-45-33-20-37(66-4)35(14-22(33)2)47-48-41-39(70(62,63)64)16-23-15-25(7-10-28(23)42(41)52)51-49-31-12-11-29-30(40(31)50-51)17-27(68(56,57)58)18-38(29)69(59,60)61/h5-20,52H,1-4H3,(H,53,54,55)(H,56,57,58)(H,59,60,61)(H,62,63,64). The second-order valence-electron chi connectivity index (χ2n) is 15.0. The molecule has 0 amide bonds. The number of phenols is 1. The zero-order valence-electron chi connectivity index (χ0n) is 36.2. The number of aromatic nitrogens is 3. The molecule has 8 rings (SSSR count). The van der Waals surface area contributed by atoms with E-state index in [1.54, 1.807) is 26.0 Å². The number of aryl methyl sites for hydroxylation is 2. The van der Waals surface area contributed by atoms with Gasteiger partial charge in [-0.2, -0.15) is 53.8 Å². The van der Waals surface area contributed by atoms with Gasteiger partial charge in [0.05, 0.1) is 46.8 Å². The number of methoxy groups -OCH3 is 2. The molecule has 1 aromatic heterocycles. The van der Waals surface area contributed by atoms with Crippen LogP contribution in [-0.2, 0) is 40.5 Å². The van der Waals surface area contributed by atoms with Crippen molar-refractivity contribution in [2.45, 2.75) is 33.4 Å². The molecule has 0 aliphatic heterocycles. The molecule has 7 aromatic carbocycles. The highest BCUT2D eigenvalue weighted by Gasteiger charge is 2.25. The summed E-state index contributed by atoms with van der Waals surface area (Å²) in [6, 6.07) is 20.6. The summed E-state index contributed by atoms with van der Waals surface area (Å²) >= 11 is 0. The number of nitrogens with zero attached hydrogens (tertiary/aromatic N) is 9. The maximum absolute atomic E-state index is 12.8. The minimum absolute atomic E-state index is 0.0374. The highest BCUT2D eigenvalue weighted by Crippen LogP contribution is 2.44. The van der Waals surface area contributed by atoms with E-state index in [0.717, 1.165) is 16.9 Å². The Morgan fingerprint density at radius 3 is 1.60 bits per heavy atom. The van der Waals surface area contributed by atoms with Gasteiger partial charge in [-0.3, -0.25) is 18.2 Å². The maximum atomic E-state index is 12.8. The predicted octanol–water partition coefficient (Wildman–Crippen LogP) is 9.30. The smallest absolute Gasteiger partial charge is 0.296 e. The van der Waals surface area contributed by atoms with Crippen LogP contribution >= 0.6 is 0 Å². The van der Waals surface area contributed by atoms with Gasteiger partial charge in [-0.25, -0.2) is 0 Å². The van der Waals surface area contributed by atoms with Crippen molar-refractivity contribution >= 4 is 107 Å². The van der Waals surface area contributed by atoms with Gasteiger partial charge in [-0.1, -0.05) is 6.07 Å². The SMILES string of the molecule is COc1cc(N=Nc2ccc(S(=O)(=O)O)cc2)c(C)cc1N=Nc1cc(OC)c(N=Nc2c(S(=O)(=O)O)cc3cc(-n4nc5ccc6c(S(=O)(=O)O)cc(S(=O)(=O)O)cc6c5n4)ccc3c2O)cc1C. The van der Waals surface area contributed by atoms with Crippen LogP contribution in [0.15, 0.2) is 147 Å². The van der Waals surface area contributed by atoms with Gasteiger partial charge in [-0.15, -0.1) is 25.5 Å². The first-order chi connectivity index (χ1) is 32.8. The zero-order chi connectivity index (χ0) is 50.7. The van der Waals surface area contributed by atoms with E-state index in [0.29, 0.717) is 39.9 Å². The second kappa shape index (κ2) is 18.0. The van der Waals surface area contributed by atoms with Crippen LogP contribution in [0.4, 0.5) is 34.1 Å². The van der Waals surface area contributed by atoms with E-state index in [9.17, 15) is 57.0 Å². The van der Waals surface area contributed by atoms with Gasteiger partial charge in [0.15, 0.2) is 5.75 Å². The summed E-state index contributed by atoms with van der Waals surface area (Å²) in [4.78, 5) is -1.76. The summed E-state index contributed by atoms with van der Waals surface area (Å²) < 4.78 is 147. The third-order valence-corrected chi connectivity index (χ3v) is 13.9. The lowest BCUT2D eigenvalue weighted by Crippen LogP contribution is -2.04. The Labute approximate surface area is 396 Å². The van der Waals surface area contributed by atoms with Gasteiger partial charge < -0.3 is 14.6 Å². The predicted molar refractivity (Wildman–Crippen MR) is 249 cm³/mol. The first-order valence-electron chi connectivity index (χ1n) is 19.6. The van der Waals surface area contributed by atoms with Crippen molar-refractivity contribution in [1.82, 2.24) is 15.0 Å². The van der Waals surface area contributed by atoms with Crippen molar-refractivity contribution in [3.05, 3.63) is 108 Å². The number of benzene rings is 7. The zero-order valence-corrected chi connectivity index (χ0v) is 39.5. The van der Waals surface area contributed by atoms with Crippen LogP contribution in [-0.4, -0.2) is 86.2 Å². The van der Waals surface area contributed by atoms with E-state index in [4.69, 9.17) is 9.47 Å². The molecular formula is C42H33N9O15S4. The summed E-state index contributed by atoms with van der Waals surface area (Å²) in [5.41, 5.74) is 2.09. The van der Waals surface area contributed by atoms with Crippen LogP contribution < -0.4 is 9.47 Å². The molecule has 1 heterocycles. The number of aromatic hydroxyl groups is 1. The molecule has 0 bridgehead atoms. The fraction of sp³-hybridized carbons (Fsp3) is 0.0952. The first-order valence-corrected chi connectivity index (χ1v) is 25.4. The number of hydrogen-bond acceptors (Lipinski definition) is 19. The molecule has 8 aromatic rings. The normalized spacial score (nSPS) is 12.9. The summed E-state index contributed by atoms with van der Waals surface area (Å²) in [6.45, 7) is 3.41. The van der Waals surface area contributed by atoms with Gasteiger partial charge in [-0.05, 0) is 109 Å². The van der Waals surface area contributed by atoms with Gasteiger partial charge in [0, 0.05) is 28.3 Å². The highest BCUT2D eigenvalue weighted by atomic mass is 32.2. The van der Waals surface area contributed by atoms with Crippen molar-refractivity contribution in [2.24, 2.45) is 30.7 Å². The minimum atomic E-state index is -5.10. The molecule has 24 nitrogen and oxygen atoms in total. The number of phenolic OH excluding ortho intramolecular Hbond substituents is 1. The van der Waals surface area contributed by atoms with Crippen LogP contribution in [0.5, 0.6) is 17.2 Å². The van der Waals surface area contributed by atoms with E-state index in [1.165, 1.54) is 80.9 Å². The van der Waals surface area contributed by atoms with Crippen LogP contribution in [0.2, 0.25) is 0 Å². The van der Waals surface area contributed by atoms with E-state index in [1.807, 2.05) is 0 Å². The summed E-state index contributed by atoms with van der Waals surface area (Å²) in [7, 11) is -16.7. The molecule has 0 saturated carbocycles. The Kier molecular flexibility index (Phi) is 12.5. The fourth-order valence-corrected chi connectivity index (χ4v) is 9.50. The molecule has 5 N–H and O–H groups in total. The third-order valence-electron chi connectivity index (χ3n) is 10.5. The number of rotatable bonds is 13. The van der Waals surface area contributed by atoms with E-state index < -0.39 is 66.6 Å². The Balaban J connectivity index is 1.10. The Morgan fingerprint density at radius 1 is 0.500 bits per heavy atom. The summed E-state index contributed by atoms with van der Waals surface area (Å²) in [5.74, 6) is -0.326. The van der Waals surface area contributed by atoms with Crippen molar-refractivity contribution in [3.8, 4) is 22.9 Å². The Morgan fingerprint density at radius 2 is 1.04 bits per heavy atom. The fourth-order valence-electron chi connectivity index (χ4n) is 7.02.